The Morgan fingerprint density at radius 1 is 1.12 bits per heavy atom. The van der Waals surface area contributed by atoms with Crippen molar-refractivity contribution in [2.24, 2.45) is 5.92 Å². The van der Waals surface area contributed by atoms with Crippen LogP contribution in [0.2, 0.25) is 5.02 Å². The molecule has 126 valence electrons. The number of carboxylic acid groups (broad SMARTS) is 1. The topological polar surface area (TPSA) is 72.8 Å². The molecule has 0 spiro atoms. The number of hydrogen-bond acceptors (Lipinski definition) is 4. The van der Waals surface area contributed by atoms with E-state index in [9.17, 15) is 9.59 Å². The van der Waals surface area contributed by atoms with Crippen molar-refractivity contribution in [1.82, 2.24) is 0 Å². The minimum atomic E-state index is -1.22. The molecule has 0 bridgehead atoms. The number of benzene rings is 2. The van der Waals surface area contributed by atoms with Crippen molar-refractivity contribution in [1.29, 1.82) is 0 Å². The van der Waals surface area contributed by atoms with Crippen LogP contribution >= 0.6 is 11.6 Å². The Labute approximate surface area is 144 Å². The van der Waals surface area contributed by atoms with E-state index >= 15 is 0 Å². The molecule has 0 atom stereocenters. The van der Waals surface area contributed by atoms with Gasteiger partial charge in [-0.25, -0.2) is 9.59 Å². The van der Waals surface area contributed by atoms with Gasteiger partial charge >= 0.3 is 11.9 Å². The van der Waals surface area contributed by atoms with Crippen LogP contribution in [0.1, 0.15) is 34.6 Å². The van der Waals surface area contributed by atoms with Crippen LogP contribution in [-0.2, 0) is 0 Å². The van der Waals surface area contributed by atoms with Crippen molar-refractivity contribution in [2.75, 3.05) is 6.61 Å². The lowest BCUT2D eigenvalue weighted by Gasteiger charge is -2.10. The summed E-state index contributed by atoms with van der Waals surface area (Å²) >= 11 is 5.77. The molecule has 0 fully saturated rings. The van der Waals surface area contributed by atoms with Crippen LogP contribution in [0.4, 0.5) is 0 Å². The highest BCUT2D eigenvalue weighted by Crippen LogP contribution is 2.24. The second kappa shape index (κ2) is 7.84. The SMILES string of the molecule is CC(C)COc1ccc(C(=O)Oc2ccc(Cl)cc2C(=O)O)cc1. The van der Waals surface area contributed by atoms with Gasteiger partial charge in [0.2, 0.25) is 0 Å². The average Bonchev–Trinajstić information content (AvgIpc) is 2.54. The first-order valence-electron chi connectivity index (χ1n) is 7.34. The summed E-state index contributed by atoms with van der Waals surface area (Å²) in [5, 5.41) is 9.40. The van der Waals surface area contributed by atoms with E-state index in [1.165, 1.54) is 18.2 Å². The molecular weight excluding hydrogens is 332 g/mol. The van der Waals surface area contributed by atoms with E-state index in [-0.39, 0.29) is 21.9 Å². The lowest BCUT2D eigenvalue weighted by atomic mass is 10.2. The van der Waals surface area contributed by atoms with E-state index in [1.54, 1.807) is 24.3 Å². The number of rotatable bonds is 6. The zero-order valence-electron chi connectivity index (χ0n) is 13.3. The van der Waals surface area contributed by atoms with Gasteiger partial charge in [0.15, 0.2) is 0 Å². The van der Waals surface area contributed by atoms with Crippen LogP contribution in [0.15, 0.2) is 42.5 Å². The van der Waals surface area contributed by atoms with Gasteiger partial charge in [0.05, 0.1) is 12.2 Å². The highest BCUT2D eigenvalue weighted by atomic mass is 35.5. The molecule has 2 rings (SSSR count). The summed E-state index contributed by atoms with van der Waals surface area (Å²) in [4.78, 5) is 23.4. The van der Waals surface area contributed by atoms with Gasteiger partial charge in [-0.15, -0.1) is 0 Å². The van der Waals surface area contributed by atoms with E-state index < -0.39 is 11.9 Å². The summed E-state index contributed by atoms with van der Waals surface area (Å²) in [6.07, 6.45) is 0. The fraction of sp³-hybridized carbons (Fsp3) is 0.222. The summed E-state index contributed by atoms with van der Waals surface area (Å²) in [5.41, 5.74) is 0.117. The number of carbonyl (C=O) groups is 2. The molecule has 0 saturated carbocycles. The third kappa shape index (κ3) is 4.73. The van der Waals surface area contributed by atoms with Gasteiger partial charge in [0.25, 0.3) is 0 Å². The molecule has 0 aliphatic rings. The van der Waals surface area contributed by atoms with E-state index in [4.69, 9.17) is 26.2 Å². The van der Waals surface area contributed by atoms with Crippen molar-refractivity contribution < 1.29 is 24.2 Å². The first-order valence-corrected chi connectivity index (χ1v) is 7.72. The van der Waals surface area contributed by atoms with Crippen LogP contribution in [-0.4, -0.2) is 23.7 Å². The molecule has 2 aromatic carbocycles. The number of aromatic carboxylic acids is 1. The van der Waals surface area contributed by atoms with E-state index in [0.717, 1.165) is 0 Å². The summed E-state index contributed by atoms with van der Waals surface area (Å²) in [5.74, 6) is -0.892. The zero-order chi connectivity index (χ0) is 17.7. The first-order chi connectivity index (χ1) is 11.4. The second-order valence-corrected chi connectivity index (χ2v) is 6.00. The van der Waals surface area contributed by atoms with Gasteiger partial charge in [-0.05, 0) is 48.4 Å². The Balaban J connectivity index is 2.11. The first kappa shape index (κ1) is 17.8. The Hall–Kier alpha value is -2.53. The Morgan fingerprint density at radius 3 is 2.38 bits per heavy atom. The predicted molar refractivity (Wildman–Crippen MR) is 90.1 cm³/mol. The molecule has 1 N–H and O–H groups in total. The molecule has 0 heterocycles. The van der Waals surface area contributed by atoms with Crippen molar-refractivity contribution in [3.8, 4) is 11.5 Å². The number of esters is 1. The quantitative estimate of drug-likeness (QED) is 0.622. The summed E-state index contributed by atoms with van der Waals surface area (Å²) in [6.45, 7) is 4.66. The average molecular weight is 349 g/mol. The molecule has 0 aliphatic heterocycles. The van der Waals surface area contributed by atoms with Gasteiger partial charge in [-0.2, -0.15) is 0 Å². The Morgan fingerprint density at radius 2 is 1.79 bits per heavy atom. The fourth-order valence-electron chi connectivity index (χ4n) is 1.87. The molecule has 6 heteroatoms. The third-order valence-electron chi connectivity index (χ3n) is 3.05. The minimum Gasteiger partial charge on any atom is -0.493 e. The summed E-state index contributed by atoms with van der Waals surface area (Å²) in [6, 6.07) is 10.5. The molecule has 0 unspecified atom stereocenters. The second-order valence-electron chi connectivity index (χ2n) is 5.56. The maximum Gasteiger partial charge on any atom is 0.343 e. The van der Waals surface area contributed by atoms with E-state index in [1.807, 2.05) is 13.8 Å². The van der Waals surface area contributed by atoms with Crippen LogP contribution in [0.3, 0.4) is 0 Å². The van der Waals surface area contributed by atoms with E-state index in [2.05, 4.69) is 0 Å². The number of carboxylic acids is 1. The molecule has 0 saturated heterocycles. The van der Waals surface area contributed by atoms with Gasteiger partial charge in [0.1, 0.15) is 17.1 Å². The highest BCUT2D eigenvalue weighted by Gasteiger charge is 2.16. The van der Waals surface area contributed by atoms with Gasteiger partial charge in [-0.3, -0.25) is 0 Å². The number of hydrogen-bond donors (Lipinski definition) is 1. The lowest BCUT2D eigenvalue weighted by molar-refractivity contribution is 0.0681. The Kier molecular flexibility index (Phi) is 5.82. The van der Waals surface area contributed by atoms with Crippen LogP contribution in [0.25, 0.3) is 0 Å². The number of ether oxygens (including phenoxy) is 2. The van der Waals surface area contributed by atoms with Crippen molar-refractivity contribution in [3.05, 3.63) is 58.6 Å². The molecule has 0 amide bonds. The molecule has 2 aromatic rings. The monoisotopic (exact) mass is 348 g/mol. The normalized spacial score (nSPS) is 10.5. The lowest BCUT2D eigenvalue weighted by Crippen LogP contribution is -2.11. The Bertz CT molecular complexity index is 738. The van der Waals surface area contributed by atoms with Crippen LogP contribution < -0.4 is 9.47 Å². The van der Waals surface area contributed by atoms with Crippen LogP contribution in [0.5, 0.6) is 11.5 Å². The fourth-order valence-corrected chi connectivity index (χ4v) is 2.04. The number of halogens is 1. The molecule has 0 radical (unpaired) electrons. The highest BCUT2D eigenvalue weighted by molar-refractivity contribution is 6.31. The molecule has 5 nitrogen and oxygen atoms in total. The molecule has 0 aromatic heterocycles. The molecule has 0 aliphatic carbocycles. The molecular formula is C18H17ClO5. The standard InChI is InChI=1S/C18H17ClO5/c1-11(2)10-23-14-6-3-12(4-7-14)18(22)24-16-8-5-13(19)9-15(16)17(20)21/h3-9,11H,10H2,1-2H3,(H,20,21). The minimum absolute atomic E-state index is 0.0583. The predicted octanol–water partition coefficient (Wildman–Crippen LogP) is 4.29. The smallest absolute Gasteiger partial charge is 0.343 e. The maximum absolute atomic E-state index is 12.2. The third-order valence-corrected chi connectivity index (χ3v) is 3.28. The van der Waals surface area contributed by atoms with Gasteiger partial charge < -0.3 is 14.6 Å². The van der Waals surface area contributed by atoms with E-state index in [0.29, 0.717) is 18.3 Å². The van der Waals surface area contributed by atoms with Crippen LogP contribution in [0, 0.1) is 5.92 Å². The zero-order valence-corrected chi connectivity index (χ0v) is 14.0. The van der Waals surface area contributed by atoms with Crippen molar-refractivity contribution >= 4 is 23.5 Å². The van der Waals surface area contributed by atoms with Crippen molar-refractivity contribution in [2.45, 2.75) is 13.8 Å². The summed E-state index contributed by atoms with van der Waals surface area (Å²) < 4.78 is 10.7. The largest absolute Gasteiger partial charge is 0.493 e. The molecule has 24 heavy (non-hydrogen) atoms. The van der Waals surface area contributed by atoms with Gasteiger partial charge in [-0.1, -0.05) is 25.4 Å². The number of carbonyl (C=O) groups excluding carboxylic acids is 1. The maximum atomic E-state index is 12.2. The van der Waals surface area contributed by atoms with Crippen molar-refractivity contribution in [3.63, 3.8) is 0 Å². The van der Waals surface area contributed by atoms with Gasteiger partial charge in [0, 0.05) is 5.02 Å². The summed E-state index contributed by atoms with van der Waals surface area (Å²) in [7, 11) is 0.